The fourth-order valence-corrected chi connectivity index (χ4v) is 2.01. The zero-order chi connectivity index (χ0) is 13.5. The number of aryl methyl sites for hydroxylation is 2. The average Bonchev–Trinajstić information content (AvgIpc) is 2.34. The molecule has 0 fully saturated rings. The van der Waals surface area contributed by atoms with Crippen LogP contribution in [0.15, 0.2) is 12.1 Å². The summed E-state index contributed by atoms with van der Waals surface area (Å²) in [5.74, 6) is 1.04. The van der Waals surface area contributed by atoms with E-state index in [-0.39, 0.29) is 6.10 Å². The van der Waals surface area contributed by atoms with Crippen LogP contribution in [0.2, 0.25) is 0 Å². The lowest BCUT2D eigenvalue weighted by Gasteiger charge is -2.20. The summed E-state index contributed by atoms with van der Waals surface area (Å²) in [6, 6.07) is 4.35. The van der Waals surface area contributed by atoms with Crippen molar-refractivity contribution in [2.24, 2.45) is 0 Å². The molecule has 0 saturated heterocycles. The van der Waals surface area contributed by atoms with Crippen molar-refractivity contribution in [3.05, 3.63) is 28.8 Å². The summed E-state index contributed by atoms with van der Waals surface area (Å²) in [6.07, 6.45) is 2.46. The van der Waals surface area contributed by atoms with E-state index in [0.717, 1.165) is 25.3 Å². The summed E-state index contributed by atoms with van der Waals surface area (Å²) < 4.78 is 6.14. The first-order chi connectivity index (χ1) is 8.58. The van der Waals surface area contributed by atoms with Crippen LogP contribution in [0.25, 0.3) is 0 Å². The Hall–Kier alpha value is -1.02. The summed E-state index contributed by atoms with van der Waals surface area (Å²) in [6.45, 7) is 12.7. The predicted octanol–water partition coefficient (Wildman–Crippen LogP) is 3.77. The Morgan fingerprint density at radius 2 is 1.89 bits per heavy atom. The van der Waals surface area contributed by atoms with Gasteiger partial charge in [-0.1, -0.05) is 19.9 Å². The van der Waals surface area contributed by atoms with Crippen molar-refractivity contribution in [1.29, 1.82) is 0 Å². The van der Waals surface area contributed by atoms with Gasteiger partial charge < -0.3 is 10.1 Å². The standard InChI is InChI=1S/C16H27NO/c1-6-8-17-11-15(7-2)18-16-10-12(3)9-13(4)14(16)5/h9-10,15,17H,6-8,11H2,1-5H3. The first kappa shape index (κ1) is 15.0. The monoisotopic (exact) mass is 249 g/mol. The van der Waals surface area contributed by atoms with Gasteiger partial charge in [0.25, 0.3) is 0 Å². The Morgan fingerprint density at radius 1 is 1.17 bits per heavy atom. The van der Waals surface area contributed by atoms with Crippen molar-refractivity contribution in [2.75, 3.05) is 13.1 Å². The first-order valence-electron chi connectivity index (χ1n) is 7.03. The molecule has 2 heteroatoms. The Morgan fingerprint density at radius 3 is 2.50 bits per heavy atom. The van der Waals surface area contributed by atoms with E-state index in [0.29, 0.717) is 0 Å². The quantitative estimate of drug-likeness (QED) is 0.743. The molecule has 1 unspecified atom stereocenters. The lowest BCUT2D eigenvalue weighted by atomic mass is 10.1. The zero-order valence-corrected chi connectivity index (χ0v) is 12.5. The van der Waals surface area contributed by atoms with Gasteiger partial charge in [-0.15, -0.1) is 0 Å². The highest BCUT2D eigenvalue weighted by molar-refractivity contribution is 5.42. The maximum absolute atomic E-state index is 6.14. The van der Waals surface area contributed by atoms with Crippen molar-refractivity contribution < 1.29 is 4.74 Å². The number of hydrogen-bond acceptors (Lipinski definition) is 2. The minimum Gasteiger partial charge on any atom is -0.489 e. The molecule has 0 aliphatic carbocycles. The zero-order valence-electron chi connectivity index (χ0n) is 12.5. The van der Waals surface area contributed by atoms with Crippen molar-refractivity contribution in [2.45, 2.75) is 53.6 Å². The fraction of sp³-hybridized carbons (Fsp3) is 0.625. The minimum atomic E-state index is 0.261. The largest absolute Gasteiger partial charge is 0.489 e. The highest BCUT2D eigenvalue weighted by Gasteiger charge is 2.11. The SMILES string of the molecule is CCCNCC(CC)Oc1cc(C)cc(C)c1C. The Balaban J connectivity index is 2.69. The molecule has 0 spiro atoms. The fourth-order valence-electron chi connectivity index (χ4n) is 2.01. The summed E-state index contributed by atoms with van der Waals surface area (Å²) in [4.78, 5) is 0. The molecule has 0 aliphatic heterocycles. The molecule has 102 valence electrons. The van der Waals surface area contributed by atoms with E-state index in [1.54, 1.807) is 0 Å². The van der Waals surface area contributed by atoms with Crippen LogP contribution in [-0.2, 0) is 0 Å². The van der Waals surface area contributed by atoms with Gasteiger partial charge in [0.1, 0.15) is 11.9 Å². The Bertz CT molecular complexity index is 374. The number of ether oxygens (including phenoxy) is 1. The molecule has 2 nitrogen and oxygen atoms in total. The molecule has 0 saturated carbocycles. The molecule has 0 aliphatic rings. The topological polar surface area (TPSA) is 21.3 Å². The van der Waals surface area contributed by atoms with Crippen molar-refractivity contribution in [1.82, 2.24) is 5.32 Å². The third-order valence-corrected chi connectivity index (χ3v) is 3.31. The van der Waals surface area contributed by atoms with Crippen LogP contribution < -0.4 is 10.1 Å². The number of nitrogens with one attached hydrogen (secondary N) is 1. The molecule has 1 rings (SSSR count). The molecule has 1 aromatic rings. The average molecular weight is 249 g/mol. The van der Waals surface area contributed by atoms with Crippen molar-refractivity contribution in [3.8, 4) is 5.75 Å². The first-order valence-corrected chi connectivity index (χ1v) is 7.03. The molecule has 1 aromatic carbocycles. The molecule has 0 radical (unpaired) electrons. The van der Waals surface area contributed by atoms with E-state index in [9.17, 15) is 0 Å². The van der Waals surface area contributed by atoms with E-state index < -0.39 is 0 Å². The van der Waals surface area contributed by atoms with Crippen LogP contribution in [-0.4, -0.2) is 19.2 Å². The van der Waals surface area contributed by atoms with E-state index in [4.69, 9.17) is 4.74 Å². The van der Waals surface area contributed by atoms with Crippen molar-refractivity contribution in [3.63, 3.8) is 0 Å². The smallest absolute Gasteiger partial charge is 0.123 e. The van der Waals surface area contributed by atoms with E-state index in [2.05, 4.69) is 52.1 Å². The molecule has 0 amide bonds. The summed E-state index contributed by atoms with van der Waals surface area (Å²) in [5, 5.41) is 3.43. The third-order valence-electron chi connectivity index (χ3n) is 3.31. The van der Waals surface area contributed by atoms with E-state index in [1.165, 1.54) is 23.1 Å². The molecule has 18 heavy (non-hydrogen) atoms. The third kappa shape index (κ3) is 4.34. The van der Waals surface area contributed by atoms with Crippen LogP contribution in [0.4, 0.5) is 0 Å². The second kappa shape index (κ2) is 7.42. The number of hydrogen-bond donors (Lipinski definition) is 1. The van der Waals surface area contributed by atoms with Gasteiger partial charge in [0, 0.05) is 6.54 Å². The second-order valence-corrected chi connectivity index (χ2v) is 5.06. The second-order valence-electron chi connectivity index (χ2n) is 5.06. The van der Waals surface area contributed by atoms with Gasteiger partial charge in [-0.2, -0.15) is 0 Å². The molecule has 0 aromatic heterocycles. The van der Waals surface area contributed by atoms with Crippen LogP contribution in [0.3, 0.4) is 0 Å². The van der Waals surface area contributed by atoms with E-state index in [1.807, 2.05) is 0 Å². The molecule has 1 atom stereocenters. The maximum Gasteiger partial charge on any atom is 0.123 e. The molecule has 0 bridgehead atoms. The lowest BCUT2D eigenvalue weighted by Crippen LogP contribution is -2.31. The van der Waals surface area contributed by atoms with Gasteiger partial charge in [0.15, 0.2) is 0 Å². The van der Waals surface area contributed by atoms with Gasteiger partial charge in [-0.05, 0) is 62.9 Å². The van der Waals surface area contributed by atoms with Crippen LogP contribution in [0.5, 0.6) is 5.75 Å². The van der Waals surface area contributed by atoms with Gasteiger partial charge >= 0.3 is 0 Å². The lowest BCUT2D eigenvalue weighted by molar-refractivity contribution is 0.192. The highest BCUT2D eigenvalue weighted by Crippen LogP contribution is 2.24. The molecular weight excluding hydrogens is 222 g/mol. The van der Waals surface area contributed by atoms with Gasteiger partial charge in [-0.25, -0.2) is 0 Å². The summed E-state index contributed by atoms with van der Waals surface area (Å²) in [7, 11) is 0. The maximum atomic E-state index is 6.14. The predicted molar refractivity (Wildman–Crippen MR) is 78.5 cm³/mol. The molecule has 1 N–H and O–H groups in total. The Labute approximate surface area is 112 Å². The van der Waals surface area contributed by atoms with Gasteiger partial charge in [0.2, 0.25) is 0 Å². The van der Waals surface area contributed by atoms with Gasteiger partial charge in [-0.3, -0.25) is 0 Å². The highest BCUT2D eigenvalue weighted by atomic mass is 16.5. The van der Waals surface area contributed by atoms with Crippen LogP contribution >= 0.6 is 0 Å². The number of benzene rings is 1. The van der Waals surface area contributed by atoms with E-state index >= 15 is 0 Å². The molecular formula is C16H27NO. The summed E-state index contributed by atoms with van der Waals surface area (Å²) >= 11 is 0. The minimum absolute atomic E-state index is 0.261. The van der Waals surface area contributed by atoms with Gasteiger partial charge in [0.05, 0.1) is 0 Å². The summed E-state index contributed by atoms with van der Waals surface area (Å²) in [5.41, 5.74) is 3.83. The van der Waals surface area contributed by atoms with Crippen LogP contribution in [0, 0.1) is 20.8 Å². The Kier molecular flexibility index (Phi) is 6.20. The molecule has 0 heterocycles. The number of rotatable bonds is 7. The van der Waals surface area contributed by atoms with Crippen molar-refractivity contribution >= 4 is 0 Å². The normalized spacial score (nSPS) is 12.5. The van der Waals surface area contributed by atoms with Crippen LogP contribution in [0.1, 0.15) is 43.4 Å².